The maximum atomic E-state index is 13.9. The molecule has 1 aliphatic rings. The molecule has 6 heteroatoms. The molecule has 0 saturated heterocycles. The zero-order valence-electron chi connectivity index (χ0n) is 16.3. The number of carbonyl (C=O) groups is 1. The summed E-state index contributed by atoms with van der Waals surface area (Å²) in [6.07, 6.45) is 5.81. The summed E-state index contributed by atoms with van der Waals surface area (Å²) in [5.41, 5.74) is 5.65. The largest absolute Gasteiger partial charge is 0.463 e. The highest BCUT2D eigenvalue weighted by Crippen LogP contribution is 2.36. The number of halogens is 2. The van der Waals surface area contributed by atoms with Gasteiger partial charge >= 0.3 is 0 Å². The van der Waals surface area contributed by atoms with E-state index in [2.05, 4.69) is 11.1 Å². The van der Waals surface area contributed by atoms with E-state index in [1.165, 1.54) is 0 Å². The number of aryl methyl sites for hydroxylation is 1. The lowest BCUT2D eigenvalue weighted by Crippen LogP contribution is -2.30. The Labute approximate surface area is 171 Å². The zero-order valence-corrected chi connectivity index (χ0v) is 16.3. The fraction of sp³-hybridized carbons (Fsp3) is 0.167. The first kappa shape index (κ1) is 18.5. The first-order chi connectivity index (χ1) is 14.5. The minimum Gasteiger partial charge on any atom is -0.463 e. The van der Waals surface area contributed by atoms with Crippen molar-refractivity contribution in [3.05, 3.63) is 83.4 Å². The van der Waals surface area contributed by atoms with E-state index in [-0.39, 0.29) is 17.9 Å². The second-order valence-electron chi connectivity index (χ2n) is 7.53. The second kappa shape index (κ2) is 7.06. The van der Waals surface area contributed by atoms with Crippen molar-refractivity contribution in [3.8, 4) is 11.1 Å². The van der Waals surface area contributed by atoms with E-state index < -0.39 is 11.6 Å². The van der Waals surface area contributed by atoms with E-state index >= 15 is 0 Å². The van der Waals surface area contributed by atoms with Crippen molar-refractivity contribution < 1.29 is 18.0 Å². The second-order valence-corrected chi connectivity index (χ2v) is 7.53. The molecule has 0 bridgehead atoms. The monoisotopic (exact) mass is 404 g/mol. The van der Waals surface area contributed by atoms with Crippen LogP contribution in [0.5, 0.6) is 0 Å². The van der Waals surface area contributed by atoms with Gasteiger partial charge in [-0.25, -0.2) is 8.78 Å². The Balaban J connectivity index is 1.44. The molecule has 3 heterocycles. The Morgan fingerprint density at radius 3 is 2.90 bits per heavy atom. The molecule has 150 valence electrons. The van der Waals surface area contributed by atoms with Gasteiger partial charge in [-0.05, 0) is 54.8 Å². The van der Waals surface area contributed by atoms with Gasteiger partial charge in [0, 0.05) is 46.7 Å². The molecule has 0 atom stereocenters. The zero-order chi connectivity index (χ0) is 20.8. The standard InChI is InChI=1S/C24H18F2N2O2/c1-14-11-27-12-19-20(13-30-24(14)19)15-2-5-22-16(8-15)6-7-28(22)23(29)10-17-9-18(25)3-4-21(17)26/h2-5,8-9,11-13H,6-7,10H2,1H3. The molecule has 4 aromatic rings. The molecule has 0 spiro atoms. The lowest BCUT2D eigenvalue weighted by molar-refractivity contribution is -0.117. The Bertz CT molecular complexity index is 1300. The summed E-state index contributed by atoms with van der Waals surface area (Å²) in [4.78, 5) is 18.7. The van der Waals surface area contributed by atoms with Crippen LogP contribution in [0.15, 0.2) is 59.5 Å². The number of fused-ring (bicyclic) bond motifs is 2. The maximum absolute atomic E-state index is 13.9. The number of pyridine rings is 1. The summed E-state index contributed by atoms with van der Waals surface area (Å²) >= 11 is 0. The van der Waals surface area contributed by atoms with Crippen LogP contribution in [0.25, 0.3) is 22.1 Å². The minimum absolute atomic E-state index is 0.0674. The Hall–Kier alpha value is -3.54. The van der Waals surface area contributed by atoms with Crippen molar-refractivity contribution in [2.24, 2.45) is 0 Å². The SMILES string of the molecule is Cc1cncc2c(-c3ccc4c(c3)CCN4C(=O)Cc3cc(F)ccc3F)coc12. The number of amides is 1. The summed E-state index contributed by atoms with van der Waals surface area (Å²) in [6, 6.07) is 9.07. The fourth-order valence-electron chi connectivity index (χ4n) is 4.07. The van der Waals surface area contributed by atoms with E-state index in [1.54, 1.807) is 23.6 Å². The average molecular weight is 404 g/mol. The van der Waals surface area contributed by atoms with Gasteiger partial charge in [-0.3, -0.25) is 9.78 Å². The Kier molecular flexibility index (Phi) is 4.35. The molecule has 0 N–H and O–H groups in total. The number of nitrogens with zero attached hydrogens (tertiary/aromatic N) is 2. The number of benzene rings is 2. The van der Waals surface area contributed by atoms with Crippen LogP contribution in [0, 0.1) is 18.6 Å². The van der Waals surface area contributed by atoms with E-state index in [4.69, 9.17) is 4.42 Å². The highest BCUT2D eigenvalue weighted by Gasteiger charge is 2.26. The number of rotatable bonds is 3. The molecule has 0 unspecified atom stereocenters. The highest BCUT2D eigenvalue weighted by atomic mass is 19.1. The number of carbonyl (C=O) groups excluding carboxylic acids is 1. The predicted molar refractivity (Wildman–Crippen MR) is 110 cm³/mol. The minimum atomic E-state index is -0.574. The third-order valence-corrected chi connectivity index (χ3v) is 5.60. The number of aromatic nitrogens is 1. The van der Waals surface area contributed by atoms with Crippen molar-refractivity contribution >= 4 is 22.6 Å². The molecule has 0 radical (unpaired) electrons. The van der Waals surface area contributed by atoms with Crippen LogP contribution in [0.1, 0.15) is 16.7 Å². The van der Waals surface area contributed by atoms with E-state index in [9.17, 15) is 13.6 Å². The summed E-state index contributed by atoms with van der Waals surface area (Å²) in [6.45, 7) is 2.47. The molecule has 0 fully saturated rings. The molecule has 1 amide bonds. The van der Waals surface area contributed by atoms with Gasteiger partial charge in [0.1, 0.15) is 17.2 Å². The van der Waals surface area contributed by atoms with E-state index in [0.717, 1.165) is 57.1 Å². The first-order valence-corrected chi connectivity index (χ1v) is 9.70. The molecule has 2 aromatic heterocycles. The van der Waals surface area contributed by atoms with Crippen molar-refractivity contribution in [3.63, 3.8) is 0 Å². The van der Waals surface area contributed by atoms with Gasteiger partial charge in [0.05, 0.1) is 12.7 Å². The average Bonchev–Trinajstić information content (AvgIpc) is 3.35. The van der Waals surface area contributed by atoms with Gasteiger partial charge in [-0.1, -0.05) is 6.07 Å². The molecular formula is C24H18F2N2O2. The molecule has 5 rings (SSSR count). The van der Waals surface area contributed by atoms with Crippen LogP contribution >= 0.6 is 0 Å². The van der Waals surface area contributed by atoms with Crippen molar-refractivity contribution in [2.45, 2.75) is 19.8 Å². The van der Waals surface area contributed by atoms with E-state index in [0.29, 0.717) is 13.0 Å². The third-order valence-electron chi connectivity index (χ3n) is 5.60. The third kappa shape index (κ3) is 3.05. The van der Waals surface area contributed by atoms with Crippen LogP contribution in [0.3, 0.4) is 0 Å². The molecule has 1 aliphatic heterocycles. The van der Waals surface area contributed by atoms with Gasteiger partial charge < -0.3 is 9.32 Å². The van der Waals surface area contributed by atoms with Crippen LogP contribution in [-0.2, 0) is 17.6 Å². The van der Waals surface area contributed by atoms with Gasteiger partial charge in [0.25, 0.3) is 0 Å². The fourth-order valence-corrected chi connectivity index (χ4v) is 4.07. The molecule has 4 nitrogen and oxygen atoms in total. The van der Waals surface area contributed by atoms with Crippen LogP contribution in [0.2, 0.25) is 0 Å². The number of anilines is 1. The Morgan fingerprint density at radius 1 is 1.17 bits per heavy atom. The first-order valence-electron chi connectivity index (χ1n) is 9.70. The maximum Gasteiger partial charge on any atom is 0.231 e. The summed E-state index contributed by atoms with van der Waals surface area (Å²) in [7, 11) is 0. The van der Waals surface area contributed by atoms with Gasteiger partial charge in [0.15, 0.2) is 0 Å². The van der Waals surface area contributed by atoms with Crippen molar-refractivity contribution in [1.82, 2.24) is 4.98 Å². The summed E-state index contributed by atoms with van der Waals surface area (Å²) in [5.74, 6) is -1.38. The van der Waals surface area contributed by atoms with Crippen molar-refractivity contribution in [2.75, 3.05) is 11.4 Å². The molecule has 0 aliphatic carbocycles. The molecule has 0 saturated carbocycles. The smallest absolute Gasteiger partial charge is 0.231 e. The van der Waals surface area contributed by atoms with Gasteiger partial charge in [-0.2, -0.15) is 0 Å². The van der Waals surface area contributed by atoms with Gasteiger partial charge in [-0.15, -0.1) is 0 Å². The van der Waals surface area contributed by atoms with Crippen LogP contribution in [0.4, 0.5) is 14.5 Å². The van der Waals surface area contributed by atoms with E-state index in [1.807, 2.05) is 19.1 Å². The predicted octanol–water partition coefficient (Wildman–Crippen LogP) is 5.21. The van der Waals surface area contributed by atoms with Gasteiger partial charge in [0.2, 0.25) is 5.91 Å². The highest BCUT2D eigenvalue weighted by molar-refractivity contribution is 5.99. The molecular weight excluding hydrogens is 386 g/mol. The molecule has 30 heavy (non-hydrogen) atoms. The summed E-state index contributed by atoms with van der Waals surface area (Å²) in [5, 5.41) is 0.947. The van der Waals surface area contributed by atoms with Crippen LogP contribution in [-0.4, -0.2) is 17.4 Å². The number of hydrogen-bond acceptors (Lipinski definition) is 3. The topological polar surface area (TPSA) is 46.3 Å². The Morgan fingerprint density at radius 2 is 2.03 bits per heavy atom. The molecule has 2 aromatic carbocycles. The quantitative estimate of drug-likeness (QED) is 0.471. The lowest BCUT2D eigenvalue weighted by atomic mass is 10.0. The van der Waals surface area contributed by atoms with Crippen LogP contribution < -0.4 is 4.90 Å². The van der Waals surface area contributed by atoms with Crippen molar-refractivity contribution in [1.29, 1.82) is 0 Å². The normalized spacial score (nSPS) is 13.1. The number of hydrogen-bond donors (Lipinski definition) is 0. The summed E-state index contributed by atoms with van der Waals surface area (Å²) < 4.78 is 33.1. The number of furan rings is 1. The lowest BCUT2D eigenvalue weighted by Gasteiger charge is -2.18.